The highest BCUT2D eigenvalue weighted by molar-refractivity contribution is 7.09. The van der Waals surface area contributed by atoms with Crippen LogP contribution in [0.2, 0.25) is 0 Å². The summed E-state index contributed by atoms with van der Waals surface area (Å²) in [4.78, 5) is 7.19. The maximum atomic E-state index is 4.73. The zero-order valence-corrected chi connectivity index (χ0v) is 12.3. The van der Waals surface area contributed by atoms with Crippen molar-refractivity contribution in [3.8, 4) is 11.3 Å². The molecule has 5 heteroatoms. The van der Waals surface area contributed by atoms with Crippen LogP contribution in [0.4, 0.5) is 0 Å². The van der Waals surface area contributed by atoms with Gasteiger partial charge in [0.15, 0.2) is 0 Å². The molecule has 1 aliphatic heterocycles. The fraction of sp³-hybridized carbons (Fsp3) is 0.357. The second-order valence-corrected chi connectivity index (χ2v) is 5.46. The first-order valence-corrected chi connectivity index (χ1v) is 7.23. The van der Waals surface area contributed by atoms with E-state index in [9.17, 15) is 0 Å². The summed E-state index contributed by atoms with van der Waals surface area (Å²) in [5, 5.41) is 6.75. The summed E-state index contributed by atoms with van der Waals surface area (Å²) < 4.78 is 0. The van der Waals surface area contributed by atoms with Crippen molar-refractivity contribution in [2.24, 2.45) is 0 Å². The van der Waals surface area contributed by atoms with E-state index in [1.807, 2.05) is 6.07 Å². The Labute approximate surface area is 124 Å². The van der Waals surface area contributed by atoms with Gasteiger partial charge in [-0.1, -0.05) is 30.3 Å². The zero-order valence-electron chi connectivity index (χ0n) is 10.7. The molecule has 1 aromatic carbocycles. The molecule has 2 aromatic rings. The summed E-state index contributed by atoms with van der Waals surface area (Å²) in [6, 6.07) is 10.4. The van der Waals surface area contributed by atoms with E-state index in [0.717, 1.165) is 38.4 Å². The number of piperazine rings is 1. The summed E-state index contributed by atoms with van der Waals surface area (Å²) in [7, 11) is 0. The fourth-order valence-corrected chi connectivity index (χ4v) is 3.03. The molecule has 3 nitrogen and oxygen atoms in total. The van der Waals surface area contributed by atoms with E-state index < -0.39 is 0 Å². The highest BCUT2D eigenvalue weighted by atomic mass is 35.5. The lowest BCUT2D eigenvalue weighted by Crippen LogP contribution is -2.42. The molecule has 0 aliphatic carbocycles. The predicted octanol–water partition coefficient (Wildman–Crippen LogP) is 2.64. The molecule has 1 aromatic heterocycles. The molecule has 0 saturated carbocycles. The molecule has 0 spiro atoms. The van der Waals surface area contributed by atoms with Crippen LogP contribution < -0.4 is 5.32 Å². The minimum absolute atomic E-state index is 0. The van der Waals surface area contributed by atoms with Gasteiger partial charge in [0.1, 0.15) is 5.01 Å². The third kappa shape index (κ3) is 3.76. The van der Waals surface area contributed by atoms with Crippen molar-refractivity contribution in [3.63, 3.8) is 0 Å². The predicted molar refractivity (Wildman–Crippen MR) is 82.9 cm³/mol. The van der Waals surface area contributed by atoms with Crippen molar-refractivity contribution >= 4 is 23.7 Å². The van der Waals surface area contributed by atoms with Crippen LogP contribution in [0.3, 0.4) is 0 Å². The molecule has 0 atom stereocenters. The van der Waals surface area contributed by atoms with E-state index in [2.05, 4.69) is 39.9 Å². The summed E-state index contributed by atoms with van der Waals surface area (Å²) in [5.74, 6) is 0. The van der Waals surface area contributed by atoms with Crippen LogP contribution in [0.1, 0.15) is 5.01 Å². The van der Waals surface area contributed by atoms with Gasteiger partial charge in [-0.15, -0.1) is 23.7 Å². The van der Waals surface area contributed by atoms with Crippen molar-refractivity contribution in [1.29, 1.82) is 0 Å². The second-order valence-electron chi connectivity index (χ2n) is 4.52. The minimum Gasteiger partial charge on any atom is -0.314 e. The Kier molecular flexibility index (Phi) is 5.34. The standard InChI is InChI=1S/C14H17N3S.ClH/c1-2-4-12(5-3-1)13-11-18-14(16-13)10-17-8-6-15-7-9-17;/h1-5,11,15H,6-10H2;1H. The number of benzene rings is 1. The lowest BCUT2D eigenvalue weighted by atomic mass is 10.2. The van der Waals surface area contributed by atoms with Crippen LogP contribution in [-0.4, -0.2) is 36.1 Å². The van der Waals surface area contributed by atoms with Gasteiger partial charge in [-0.25, -0.2) is 4.98 Å². The molecule has 1 N–H and O–H groups in total. The first-order valence-electron chi connectivity index (χ1n) is 6.35. The van der Waals surface area contributed by atoms with Gasteiger partial charge >= 0.3 is 0 Å². The normalized spacial score (nSPS) is 16.0. The molecule has 1 saturated heterocycles. The van der Waals surface area contributed by atoms with Crippen LogP contribution in [-0.2, 0) is 6.54 Å². The third-order valence-corrected chi connectivity index (χ3v) is 4.02. The Bertz CT molecular complexity index is 494. The van der Waals surface area contributed by atoms with Gasteiger partial charge in [-0.2, -0.15) is 0 Å². The maximum Gasteiger partial charge on any atom is 0.107 e. The van der Waals surface area contributed by atoms with Crippen LogP contribution >= 0.6 is 23.7 Å². The first kappa shape index (κ1) is 14.5. The Balaban J connectivity index is 0.00000133. The smallest absolute Gasteiger partial charge is 0.107 e. The first-order chi connectivity index (χ1) is 8.92. The molecule has 1 aliphatic rings. The Morgan fingerprint density at radius 3 is 2.63 bits per heavy atom. The van der Waals surface area contributed by atoms with E-state index in [1.165, 1.54) is 10.6 Å². The molecule has 19 heavy (non-hydrogen) atoms. The lowest BCUT2D eigenvalue weighted by molar-refractivity contribution is 0.233. The molecular weight excluding hydrogens is 278 g/mol. The average Bonchev–Trinajstić information content (AvgIpc) is 2.89. The van der Waals surface area contributed by atoms with Gasteiger partial charge < -0.3 is 5.32 Å². The third-order valence-electron chi connectivity index (χ3n) is 3.19. The molecule has 0 unspecified atom stereocenters. The summed E-state index contributed by atoms with van der Waals surface area (Å²) in [6.45, 7) is 5.42. The van der Waals surface area contributed by atoms with E-state index in [4.69, 9.17) is 4.98 Å². The highest BCUT2D eigenvalue weighted by Crippen LogP contribution is 2.22. The molecule has 102 valence electrons. The van der Waals surface area contributed by atoms with Gasteiger partial charge in [0, 0.05) is 37.1 Å². The number of hydrogen-bond acceptors (Lipinski definition) is 4. The van der Waals surface area contributed by atoms with Crippen molar-refractivity contribution < 1.29 is 0 Å². The molecular formula is C14H18ClN3S. The van der Waals surface area contributed by atoms with Crippen molar-refractivity contribution in [3.05, 3.63) is 40.7 Å². The van der Waals surface area contributed by atoms with Gasteiger partial charge in [-0.05, 0) is 0 Å². The van der Waals surface area contributed by atoms with E-state index >= 15 is 0 Å². The molecule has 1 fully saturated rings. The number of hydrogen-bond donors (Lipinski definition) is 1. The number of nitrogens with zero attached hydrogens (tertiary/aromatic N) is 2. The van der Waals surface area contributed by atoms with Crippen molar-refractivity contribution in [2.45, 2.75) is 6.54 Å². The van der Waals surface area contributed by atoms with Crippen LogP contribution in [0.25, 0.3) is 11.3 Å². The van der Waals surface area contributed by atoms with Crippen LogP contribution in [0, 0.1) is 0 Å². The zero-order chi connectivity index (χ0) is 12.2. The number of aromatic nitrogens is 1. The van der Waals surface area contributed by atoms with Crippen molar-refractivity contribution in [2.75, 3.05) is 26.2 Å². The molecule has 0 amide bonds. The largest absolute Gasteiger partial charge is 0.314 e. The summed E-state index contributed by atoms with van der Waals surface area (Å²) in [5.41, 5.74) is 2.31. The SMILES string of the molecule is Cl.c1ccc(-c2csc(CN3CCNCC3)n2)cc1. The molecule has 3 rings (SSSR count). The second kappa shape index (κ2) is 7.01. The molecule has 0 radical (unpaired) electrons. The topological polar surface area (TPSA) is 28.2 Å². The summed E-state index contributed by atoms with van der Waals surface area (Å²) in [6.07, 6.45) is 0. The Morgan fingerprint density at radius 1 is 1.16 bits per heavy atom. The Morgan fingerprint density at radius 2 is 1.89 bits per heavy atom. The monoisotopic (exact) mass is 295 g/mol. The number of rotatable bonds is 3. The Hall–Kier alpha value is -0.940. The van der Waals surface area contributed by atoms with Crippen LogP contribution in [0.5, 0.6) is 0 Å². The van der Waals surface area contributed by atoms with Gasteiger partial charge in [0.25, 0.3) is 0 Å². The number of halogens is 1. The van der Waals surface area contributed by atoms with Gasteiger partial charge in [0.2, 0.25) is 0 Å². The quantitative estimate of drug-likeness (QED) is 0.943. The van der Waals surface area contributed by atoms with E-state index in [1.54, 1.807) is 11.3 Å². The number of thiazole rings is 1. The van der Waals surface area contributed by atoms with Gasteiger partial charge in [-0.3, -0.25) is 4.90 Å². The summed E-state index contributed by atoms with van der Waals surface area (Å²) >= 11 is 1.76. The van der Waals surface area contributed by atoms with Crippen LogP contribution in [0.15, 0.2) is 35.7 Å². The molecule has 0 bridgehead atoms. The van der Waals surface area contributed by atoms with E-state index in [0.29, 0.717) is 0 Å². The highest BCUT2D eigenvalue weighted by Gasteiger charge is 2.12. The molecule has 2 heterocycles. The fourth-order valence-electron chi connectivity index (χ4n) is 2.19. The van der Waals surface area contributed by atoms with Crippen molar-refractivity contribution in [1.82, 2.24) is 15.2 Å². The number of nitrogens with one attached hydrogen (secondary N) is 1. The van der Waals surface area contributed by atoms with E-state index in [-0.39, 0.29) is 12.4 Å². The average molecular weight is 296 g/mol. The minimum atomic E-state index is 0. The van der Waals surface area contributed by atoms with Gasteiger partial charge in [0.05, 0.1) is 12.2 Å². The lowest BCUT2D eigenvalue weighted by Gasteiger charge is -2.26. The maximum absolute atomic E-state index is 4.73.